The van der Waals surface area contributed by atoms with Crippen LogP contribution in [-0.4, -0.2) is 27.0 Å². The van der Waals surface area contributed by atoms with Gasteiger partial charge in [-0.05, 0) is 47.5 Å². The summed E-state index contributed by atoms with van der Waals surface area (Å²) in [5.41, 5.74) is 1.29. The van der Waals surface area contributed by atoms with Crippen LogP contribution in [0.3, 0.4) is 0 Å². The lowest BCUT2D eigenvalue weighted by molar-refractivity contribution is 0.0986. The van der Waals surface area contributed by atoms with Crippen molar-refractivity contribution in [2.45, 2.75) is 13.0 Å². The number of aryl methyl sites for hydroxylation is 1. The lowest BCUT2D eigenvalue weighted by Gasteiger charge is -2.20. The Morgan fingerprint density at radius 2 is 1.94 bits per heavy atom. The number of aromatic nitrogens is 3. The van der Waals surface area contributed by atoms with Crippen molar-refractivity contribution >= 4 is 43.4 Å². The minimum absolute atomic E-state index is 0.115. The van der Waals surface area contributed by atoms with Crippen LogP contribution in [0, 0.1) is 5.82 Å². The van der Waals surface area contributed by atoms with Crippen LogP contribution in [0.5, 0.6) is 0 Å². The molecule has 0 aliphatic carbocycles. The molecule has 5 aromatic rings. The van der Waals surface area contributed by atoms with Gasteiger partial charge >= 0.3 is 0 Å². The number of fused-ring (bicyclic) bond motifs is 2. The Balaban J connectivity index is 1.48. The first-order chi connectivity index (χ1) is 15.2. The molecule has 0 saturated carbocycles. The van der Waals surface area contributed by atoms with Gasteiger partial charge in [0.05, 0.1) is 16.5 Å². The minimum atomic E-state index is -0.310. The van der Waals surface area contributed by atoms with Gasteiger partial charge < -0.3 is 4.57 Å². The van der Waals surface area contributed by atoms with E-state index in [1.54, 1.807) is 23.5 Å². The lowest BCUT2D eigenvalue weighted by atomic mass is 10.1. The summed E-state index contributed by atoms with van der Waals surface area (Å²) in [7, 11) is 0. The summed E-state index contributed by atoms with van der Waals surface area (Å²) < 4.78 is 16.4. The second kappa shape index (κ2) is 8.28. The highest BCUT2D eigenvalue weighted by Crippen LogP contribution is 2.31. The molecule has 31 heavy (non-hydrogen) atoms. The molecule has 3 aromatic carbocycles. The number of rotatable bonds is 6. The summed E-state index contributed by atoms with van der Waals surface area (Å²) >= 11 is 1.33. The smallest absolute Gasteiger partial charge is 0.260 e. The number of imidazole rings is 1. The van der Waals surface area contributed by atoms with E-state index in [4.69, 9.17) is 0 Å². The van der Waals surface area contributed by atoms with E-state index >= 15 is 0 Å². The highest BCUT2D eigenvalue weighted by Gasteiger charge is 2.21. The number of hydrogen-bond acceptors (Lipinski definition) is 4. The molecule has 0 atom stereocenters. The third-order valence-corrected chi connectivity index (χ3v) is 6.21. The number of thiazole rings is 1. The number of benzene rings is 3. The molecule has 154 valence electrons. The van der Waals surface area contributed by atoms with Crippen molar-refractivity contribution in [3.8, 4) is 0 Å². The summed E-state index contributed by atoms with van der Waals surface area (Å²) in [5, 5.41) is 2.67. The molecular weight excluding hydrogens is 411 g/mol. The molecule has 5 nitrogen and oxygen atoms in total. The standard InChI is InChI=1S/C24H19FN4OS/c25-20-8-9-21-22(15-20)31-24(27-21)29(12-3-11-28-13-10-26-16-28)23(30)19-7-6-17-4-1-2-5-18(17)14-19/h1-2,4-10,13-16H,3,11-12H2. The molecule has 2 heterocycles. The summed E-state index contributed by atoms with van der Waals surface area (Å²) in [5.74, 6) is -0.425. The molecule has 0 fully saturated rings. The van der Waals surface area contributed by atoms with E-state index in [0.29, 0.717) is 22.8 Å². The quantitative estimate of drug-likeness (QED) is 0.356. The number of carbonyl (C=O) groups excluding carboxylic acids is 1. The van der Waals surface area contributed by atoms with Crippen LogP contribution >= 0.6 is 11.3 Å². The number of hydrogen-bond donors (Lipinski definition) is 0. The maximum Gasteiger partial charge on any atom is 0.260 e. The number of nitrogens with zero attached hydrogens (tertiary/aromatic N) is 4. The summed E-state index contributed by atoms with van der Waals surface area (Å²) in [6.45, 7) is 1.23. The van der Waals surface area contributed by atoms with Crippen molar-refractivity contribution < 1.29 is 9.18 Å². The molecule has 0 aliphatic heterocycles. The SMILES string of the molecule is O=C(c1ccc2ccccc2c1)N(CCCn1ccnc1)c1nc2ccc(F)cc2s1. The third-order valence-electron chi connectivity index (χ3n) is 5.17. The van der Waals surface area contributed by atoms with Crippen LogP contribution in [0.4, 0.5) is 9.52 Å². The molecule has 5 rings (SSSR count). The van der Waals surface area contributed by atoms with Crippen molar-refractivity contribution in [3.63, 3.8) is 0 Å². The zero-order valence-corrected chi connectivity index (χ0v) is 17.4. The van der Waals surface area contributed by atoms with Gasteiger partial charge in [0.2, 0.25) is 0 Å². The Bertz CT molecular complexity index is 1360. The van der Waals surface area contributed by atoms with E-state index in [9.17, 15) is 9.18 Å². The predicted molar refractivity (Wildman–Crippen MR) is 122 cm³/mol. The minimum Gasteiger partial charge on any atom is -0.337 e. The Hall–Kier alpha value is -3.58. The van der Waals surface area contributed by atoms with Crippen LogP contribution in [0.25, 0.3) is 21.0 Å². The highest BCUT2D eigenvalue weighted by atomic mass is 32.1. The van der Waals surface area contributed by atoms with Gasteiger partial charge in [0, 0.05) is 31.0 Å². The van der Waals surface area contributed by atoms with Gasteiger partial charge in [0.25, 0.3) is 5.91 Å². The maximum absolute atomic E-state index is 13.7. The molecule has 0 N–H and O–H groups in total. The maximum atomic E-state index is 13.7. The summed E-state index contributed by atoms with van der Waals surface area (Å²) in [6.07, 6.45) is 6.13. The fourth-order valence-electron chi connectivity index (χ4n) is 3.59. The number of halogens is 1. The first-order valence-electron chi connectivity index (χ1n) is 10.00. The third kappa shape index (κ3) is 4.04. The first-order valence-corrected chi connectivity index (χ1v) is 10.8. The van der Waals surface area contributed by atoms with Gasteiger partial charge in [0.15, 0.2) is 5.13 Å². The van der Waals surface area contributed by atoms with E-state index in [2.05, 4.69) is 9.97 Å². The van der Waals surface area contributed by atoms with Crippen molar-refractivity contribution in [1.29, 1.82) is 0 Å². The van der Waals surface area contributed by atoms with Crippen LogP contribution < -0.4 is 4.90 Å². The monoisotopic (exact) mass is 430 g/mol. The molecular formula is C24H19FN4OS. The first kappa shape index (κ1) is 19.4. The molecule has 0 saturated heterocycles. The van der Waals surface area contributed by atoms with Crippen molar-refractivity contribution in [2.75, 3.05) is 11.4 Å². The molecule has 1 amide bonds. The molecule has 0 bridgehead atoms. The van der Waals surface area contributed by atoms with Crippen molar-refractivity contribution in [2.24, 2.45) is 0 Å². The largest absolute Gasteiger partial charge is 0.337 e. The van der Waals surface area contributed by atoms with Crippen molar-refractivity contribution in [3.05, 3.63) is 90.8 Å². The average molecular weight is 431 g/mol. The van der Waals surface area contributed by atoms with E-state index in [-0.39, 0.29) is 11.7 Å². The zero-order valence-electron chi connectivity index (χ0n) is 16.6. The van der Waals surface area contributed by atoms with Gasteiger partial charge in [-0.25, -0.2) is 14.4 Å². The number of carbonyl (C=O) groups is 1. The molecule has 0 radical (unpaired) electrons. The lowest BCUT2D eigenvalue weighted by Crippen LogP contribution is -2.32. The van der Waals surface area contributed by atoms with Crippen LogP contribution in [-0.2, 0) is 6.54 Å². The molecule has 0 aliphatic rings. The van der Waals surface area contributed by atoms with Crippen molar-refractivity contribution in [1.82, 2.24) is 14.5 Å². The van der Waals surface area contributed by atoms with Crippen LogP contribution in [0.15, 0.2) is 79.4 Å². The fourth-order valence-corrected chi connectivity index (χ4v) is 4.61. The van der Waals surface area contributed by atoms with E-state index < -0.39 is 0 Å². The normalized spacial score (nSPS) is 11.3. The predicted octanol–water partition coefficient (Wildman–Crippen LogP) is 5.52. The fraction of sp³-hybridized carbons (Fsp3) is 0.125. The summed E-state index contributed by atoms with van der Waals surface area (Å²) in [4.78, 5) is 23.9. The number of amides is 1. The number of anilines is 1. The Kier molecular flexibility index (Phi) is 5.18. The van der Waals surface area contributed by atoms with E-state index in [1.807, 2.05) is 53.2 Å². The molecule has 0 unspecified atom stereocenters. The highest BCUT2D eigenvalue weighted by molar-refractivity contribution is 7.22. The molecule has 2 aromatic heterocycles. The molecule has 7 heteroatoms. The second-order valence-electron chi connectivity index (χ2n) is 7.28. The zero-order chi connectivity index (χ0) is 21.2. The van der Waals surface area contributed by atoms with E-state index in [0.717, 1.165) is 28.4 Å². The van der Waals surface area contributed by atoms with Crippen LogP contribution in [0.1, 0.15) is 16.8 Å². The Morgan fingerprint density at radius 3 is 2.77 bits per heavy atom. The van der Waals surface area contributed by atoms with Gasteiger partial charge in [-0.1, -0.05) is 41.7 Å². The average Bonchev–Trinajstić information content (AvgIpc) is 3.45. The van der Waals surface area contributed by atoms with Gasteiger partial charge in [0.1, 0.15) is 5.82 Å². The van der Waals surface area contributed by atoms with Gasteiger partial charge in [-0.2, -0.15) is 0 Å². The van der Waals surface area contributed by atoms with Gasteiger partial charge in [-0.3, -0.25) is 9.69 Å². The second-order valence-corrected chi connectivity index (χ2v) is 8.29. The molecule has 0 spiro atoms. The Morgan fingerprint density at radius 1 is 1.06 bits per heavy atom. The van der Waals surface area contributed by atoms with Gasteiger partial charge in [-0.15, -0.1) is 0 Å². The Labute approximate surface area is 182 Å². The summed E-state index contributed by atoms with van der Waals surface area (Å²) in [6, 6.07) is 18.2. The van der Waals surface area contributed by atoms with Crippen LogP contribution in [0.2, 0.25) is 0 Å². The van der Waals surface area contributed by atoms with E-state index in [1.165, 1.54) is 23.5 Å². The topological polar surface area (TPSA) is 51.0 Å².